The number of hydrogen-bond donors (Lipinski definition) is 3. The van der Waals surface area contributed by atoms with E-state index < -0.39 is 27.8 Å². The number of primary sulfonamides is 1. The van der Waals surface area contributed by atoms with Gasteiger partial charge in [0, 0.05) is 34.7 Å². The number of amides is 3. The number of fused-ring (bicyclic) bond motifs is 9. The average Bonchev–Trinajstić information content (AvgIpc) is 3.74. The summed E-state index contributed by atoms with van der Waals surface area (Å²) in [6.45, 7) is -0.0482. The number of carbonyl (C=O) groups excluding carboxylic acids is 3. The summed E-state index contributed by atoms with van der Waals surface area (Å²) in [4.78, 5) is 57.8. The Morgan fingerprint density at radius 3 is 2.38 bits per heavy atom. The molecule has 15 heteroatoms. The number of H-pyrrole nitrogens is 1. The standard InChI is InChI=1S/C30H30N4O8S3/c1-41-18-8-3-13(11-19(18)42-2)21-22-16-12-17(25(22)43-27-26(21)44-30(38)33-27)24-23(16)28(36)34(29(24)37)10-9-20(35)32-14-4-6-15(7-5-14)45(31,39)40/h3-8,11,16-17,21-25H,9-10,12H2,1-2H3,(H,32,35)(H,33,38)(H2,31,39,40). The normalized spacial score (nSPS) is 28.1. The first-order valence-electron chi connectivity index (χ1n) is 14.4. The van der Waals surface area contributed by atoms with E-state index in [0.717, 1.165) is 21.9 Å². The van der Waals surface area contributed by atoms with Crippen LogP contribution >= 0.6 is 23.1 Å². The van der Waals surface area contributed by atoms with Gasteiger partial charge in [-0.05, 0) is 66.1 Å². The molecular weight excluding hydrogens is 641 g/mol. The maximum absolute atomic E-state index is 13.8. The third kappa shape index (κ3) is 4.87. The van der Waals surface area contributed by atoms with E-state index in [0.29, 0.717) is 17.2 Å². The lowest BCUT2D eigenvalue weighted by Crippen LogP contribution is -2.42. The first kappa shape index (κ1) is 30.0. The molecule has 236 valence electrons. The van der Waals surface area contributed by atoms with Crippen molar-refractivity contribution in [3.63, 3.8) is 0 Å². The van der Waals surface area contributed by atoms with Crippen molar-refractivity contribution in [1.82, 2.24) is 9.88 Å². The minimum absolute atomic E-state index is 0.0265. The van der Waals surface area contributed by atoms with Gasteiger partial charge in [-0.3, -0.25) is 24.1 Å². The zero-order valence-corrected chi connectivity index (χ0v) is 26.7. The van der Waals surface area contributed by atoms with Crippen LogP contribution in [-0.4, -0.2) is 62.0 Å². The molecule has 4 N–H and O–H groups in total. The molecule has 3 aromatic rings. The van der Waals surface area contributed by atoms with Gasteiger partial charge in [0.15, 0.2) is 11.5 Å². The van der Waals surface area contributed by atoms with E-state index >= 15 is 0 Å². The number of aromatic nitrogens is 1. The first-order chi connectivity index (χ1) is 21.5. The second-order valence-electron chi connectivity index (χ2n) is 11.8. The van der Waals surface area contributed by atoms with E-state index in [1.807, 2.05) is 18.2 Å². The van der Waals surface area contributed by atoms with Crippen LogP contribution in [0, 0.1) is 29.6 Å². The number of methoxy groups -OCH3 is 2. The van der Waals surface area contributed by atoms with Gasteiger partial charge < -0.3 is 19.8 Å². The molecule has 4 aliphatic rings. The number of anilines is 1. The second kappa shape index (κ2) is 11.0. The van der Waals surface area contributed by atoms with E-state index in [4.69, 9.17) is 14.6 Å². The van der Waals surface area contributed by atoms with E-state index in [1.54, 1.807) is 26.0 Å². The molecule has 7 atom stereocenters. The van der Waals surface area contributed by atoms with Gasteiger partial charge in [-0.2, -0.15) is 0 Å². The monoisotopic (exact) mass is 670 g/mol. The zero-order valence-electron chi connectivity index (χ0n) is 24.2. The number of likely N-dealkylation sites (tertiary alicyclic amines) is 1. The van der Waals surface area contributed by atoms with Crippen molar-refractivity contribution in [2.24, 2.45) is 34.7 Å². The van der Waals surface area contributed by atoms with Crippen molar-refractivity contribution >= 4 is 56.5 Å². The van der Waals surface area contributed by atoms with E-state index in [1.165, 1.54) is 40.5 Å². The van der Waals surface area contributed by atoms with Crippen LogP contribution in [0.3, 0.4) is 0 Å². The summed E-state index contributed by atoms with van der Waals surface area (Å²) in [6.07, 6.45) is 0.651. The van der Waals surface area contributed by atoms with Crippen molar-refractivity contribution < 1.29 is 32.3 Å². The Hall–Kier alpha value is -3.66. The fourth-order valence-electron chi connectivity index (χ4n) is 7.88. The summed E-state index contributed by atoms with van der Waals surface area (Å²) in [5.74, 6) is -0.892. The molecule has 0 radical (unpaired) electrons. The topological polar surface area (TPSA) is 178 Å². The average molecular weight is 671 g/mol. The Bertz CT molecular complexity index is 1890. The summed E-state index contributed by atoms with van der Waals surface area (Å²) in [6, 6.07) is 11.2. The second-order valence-corrected chi connectivity index (χ2v) is 15.5. The number of nitrogens with one attached hydrogen (secondary N) is 2. The SMILES string of the molecule is COc1ccc(C2c3sc(=O)[nH]c3SC3C4CC(C5C(=O)N(CCC(=O)Nc6ccc(S(N)(=O)=O)cc6)C(=O)C45)C23)cc1OC. The number of thioether (sulfide) groups is 1. The van der Waals surface area contributed by atoms with Crippen LogP contribution in [0.5, 0.6) is 11.5 Å². The largest absolute Gasteiger partial charge is 0.493 e. The lowest BCUT2D eigenvalue weighted by atomic mass is 9.68. The molecule has 2 saturated carbocycles. The number of rotatable bonds is 8. The number of thiazole rings is 1. The molecule has 1 aromatic heterocycles. The Labute approximate surface area is 266 Å². The quantitative estimate of drug-likeness (QED) is 0.304. The number of hydrogen-bond acceptors (Lipinski definition) is 10. The van der Waals surface area contributed by atoms with Crippen LogP contribution < -0.4 is 24.8 Å². The molecule has 12 nitrogen and oxygen atoms in total. The molecule has 2 aliphatic heterocycles. The van der Waals surface area contributed by atoms with Crippen LogP contribution in [0.1, 0.15) is 29.2 Å². The van der Waals surface area contributed by atoms with E-state index in [9.17, 15) is 27.6 Å². The molecule has 2 bridgehead atoms. The highest BCUT2D eigenvalue weighted by Crippen LogP contribution is 2.68. The van der Waals surface area contributed by atoms with Crippen LogP contribution in [-0.2, 0) is 24.4 Å². The number of benzene rings is 2. The molecule has 7 unspecified atom stereocenters. The minimum Gasteiger partial charge on any atom is -0.493 e. The van der Waals surface area contributed by atoms with Crippen molar-refractivity contribution in [2.45, 2.75) is 33.9 Å². The number of imide groups is 1. The van der Waals surface area contributed by atoms with Crippen LogP contribution in [0.4, 0.5) is 5.69 Å². The van der Waals surface area contributed by atoms with Crippen molar-refractivity contribution in [2.75, 3.05) is 26.1 Å². The summed E-state index contributed by atoms with van der Waals surface area (Å²) >= 11 is 2.80. The predicted molar refractivity (Wildman–Crippen MR) is 166 cm³/mol. The first-order valence-corrected chi connectivity index (χ1v) is 17.6. The molecule has 45 heavy (non-hydrogen) atoms. The Morgan fingerprint density at radius 2 is 1.71 bits per heavy atom. The molecule has 3 fully saturated rings. The van der Waals surface area contributed by atoms with Gasteiger partial charge in [0.2, 0.25) is 27.7 Å². The number of sulfonamides is 1. The molecule has 2 aromatic carbocycles. The maximum atomic E-state index is 13.8. The van der Waals surface area contributed by atoms with E-state index in [-0.39, 0.29) is 63.5 Å². The van der Waals surface area contributed by atoms with Crippen molar-refractivity contribution in [1.29, 1.82) is 0 Å². The van der Waals surface area contributed by atoms with Gasteiger partial charge in [-0.1, -0.05) is 17.4 Å². The summed E-state index contributed by atoms with van der Waals surface area (Å²) in [5.41, 5.74) is 1.33. The number of aromatic amines is 1. The van der Waals surface area contributed by atoms with E-state index in [2.05, 4.69) is 10.3 Å². The summed E-state index contributed by atoms with van der Waals surface area (Å²) in [7, 11) is -0.715. The maximum Gasteiger partial charge on any atom is 0.305 e. The molecule has 3 amide bonds. The van der Waals surface area contributed by atoms with Gasteiger partial charge in [0.05, 0.1) is 36.0 Å². The predicted octanol–water partition coefficient (Wildman–Crippen LogP) is 2.60. The number of carbonyl (C=O) groups is 3. The highest BCUT2D eigenvalue weighted by atomic mass is 32.2. The van der Waals surface area contributed by atoms with Gasteiger partial charge in [0.1, 0.15) is 0 Å². The highest BCUT2D eigenvalue weighted by molar-refractivity contribution is 8.00. The molecule has 3 heterocycles. The number of nitrogens with two attached hydrogens (primary N) is 1. The molecule has 0 spiro atoms. The minimum atomic E-state index is -3.86. The van der Waals surface area contributed by atoms with Gasteiger partial charge in [0.25, 0.3) is 0 Å². The molecule has 1 saturated heterocycles. The highest BCUT2D eigenvalue weighted by Gasteiger charge is 2.69. The van der Waals surface area contributed by atoms with Crippen LogP contribution in [0.2, 0.25) is 0 Å². The Kier molecular flexibility index (Phi) is 7.34. The third-order valence-corrected chi connectivity index (χ3v) is 13.1. The fraction of sp³-hybridized carbons (Fsp3) is 0.400. The Morgan fingerprint density at radius 1 is 1.02 bits per heavy atom. The third-order valence-electron chi connectivity index (χ3n) is 9.61. The van der Waals surface area contributed by atoms with Gasteiger partial charge in [-0.25, -0.2) is 13.6 Å². The number of ether oxygens (including phenoxy) is 2. The van der Waals surface area contributed by atoms with Crippen LogP contribution in [0.25, 0.3) is 0 Å². The summed E-state index contributed by atoms with van der Waals surface area (Å²) < 4.78 is 34.0. The lowest BCUT2D eigenvalue weighted by Gasteiger charge is -2.43. The van der Waals surface area contributed by atoms with Crippen molar-refractivity contribution in [3.05, 3.63) is 62.6 Å². The molecule has 7 rings (SSSR count). The zero-order chi connectivity index (χ0) is 31.8. The van der Waals surface area contributed by atoms with Crippen LogP contribution in [0.15, 0.2) is 57.2 Å². The fourth-order valence-corrected chi connectivity index (χ4v) is 11.3. The lowest BCUT2D eigenvalue weighted by molar-refractivity contribution is -0.141. The van der Waals surface area contributed by atoms with Gasteiger partial charge >= 0.3 is 4.87 Å². The van der Waals surface area contributed by atoms with Crippen molar-refractivity contribution in [3.8, 4) is 11.5 Å². The smallest absolute Gasteiger partial charge is 0.305 e. The number of nitrogens with zero attached hydrogens (tertiary/aromatic N) is 1. The molecule has 2 aliphatic carbocycles. The summed E-state index contributed by atoms with van der Waals surface area (Å²) in [5, 5.41) is 8.65. The van der Waals surface area contributed by atoms with Gasteiger partial charge in [-0.15, -0.1) is 11.8 Å². The Balaban J connectivity index is 1.12. The molecular formula is C30H30N4O8S3.